The highest BCUT2D eigenvalue weighted by Crippen LogP contribution is 2.08. The van der Waals surface area contributed by atoms with Crippen LogP contribution in [0.4, 0.5) is 0 Å². The lowest BCUT2D eigenvalue weighted by Gasteiger charge is -2.02. The van der Waals surface area contributed by atoms with E-state index in [1.807, 2.05) is 12.1 Å². The van der Waals surface area contributed by atoms with Gasteiger partial charge in [-0.1, -0.05) is 0 Å². The Morgan fingerprint density at radius 2 is 2.18 bits per heavy atom. The minimum atomic E-state index is -0.183. The van der Waals surface area contributed by atoms with Gasteiger partial charge in [0.25, 0.3) is 5.91 Å². The van der Waals surface area contributed by atoms with Crippen molar-refractivity contribution in [1.82, 2.24) is 15.3 Å². The van der Waals surface area contributed by atoms with Gasteiger partial charge in [0.15, 0.2) is 0 Å². The van der Waals surface area contributed by atoms with Crippen molar-refractivity contribution in [2.75, 3.05) is 0 Å². The Morgan fingerprint density at radius 3 is 2.82 bits per heavy atom. The molecule has 0 bridgehead atoms. The number of nitrogens with two attached hydrogens (primary N) is 1. The zero-order valence-corrected chi connectivity index (χ0v) is 9.91. The van der Waals surface area contributed by atoms with Gasteiger partial charge in [-0.3, -0.25) is 9.78 Å². The maximum Gasteiger partial charge on any atom is 0.271 e. The third-order valence-corrected chi connectivity index (χ3v) is 3.03. The number of rotatable bonds is 4. The van der Waals surface area contributed by atoms with Gasteiger partial charge in [-0.25, -0.2) is 4.98 Å². The maximum atomic E-state index is 11.7. The Hall–Kier alpha value is -1.79. The normalized spacial score (nSPS) is 10.2. The summed E-state index contributed by atoms with van der Waals surface area (Å²) in [7, 11) is 0. The van der Waals surface area contributed by atoms with E-state index in [-0.39, 0.29) is 5.91 Å². The van der Waals surface area contributed by atoms with Gasteiger partial charge < -0.3 is 11.1 Å². The lowest BCUT2D eigenvalue weighted by Crippen LogP contribution is -2.23. The summed E-state index contributed by atoms with van der Waals surface area (Å²) in [6.45, 7) is 0.832. The first-order valence-corrected chi connectivity index (χ1v) is 5.99. The molecule has 0 aliphatic carbocycles. The number of pyridine rings is 1. The smallest absolute Gasteiger partial charge is 0.271 e. The molecule has 0 radical (unpaired) electrons. The largest absolute Gasteiger partial charge is 0.347 e. The molecule has 5 nitrogen and oxygen atoms in total. The van der Waals surface area contributed by atoms with Gasteiger partial charge in [-0.2, -0.15) is 0 Å². The molecule has 2 aromatic rings. The maximum absolute atomic E-state index is 11.7. The summed E-state index contributed by atoms with van der Waals surface area (Å²) in [6, 6.07) is 3.71. The second-order valence-corrected chi connectivity index (χ2v) is 4.31. The minimum absolute atomic E-state index is 0.183. The van der Waals surface area contributed by atoms with E-state index in [2.05, 4.69) is 15.3 Å². The highest BCUT2D eigenvalue weighted by Gasteiger charge is 2.09. The SMILES string of the molecule is NCc1nc(C(=O)NCc2ccncc2)cs1. The fraction of sp³-hybridized carbons (Fsp3) is 0.182. The van der Waals surface area contributed by atoms with Crippen molar-refractivity contribution in [3.63, 3.8) is 0 Å². The molecule has 0 unspecified atom stereocenters. The second kappa shape index (κ2) is 5.51. The number of aromatic nitrogens is 2. The molecule has 2 heterocycles. The van der Waals surface area contributed by atoms with Crippen LogP contribution in [0.2, 0.25) is 0 Å². The molecule has 0 spiro atoms. The van der Waals surface area contributed by atoms with Crippen molar-refractivity contribution in [3.05, 3.63) is 46.2 Å². The molecule has 3 N–H and O–H groups in total. The van der Waals surface area contributed by atoms with E-state index in [0.717, 1.165) is 10.6 Å². The van der Waals surface area contributed by atoms with E-state index in [4.69, 9.17) is 5.73 Å². The predicted octanol–water partition coefficient (Wildman–Crippen LogP) is 0.927. The summed E-state index contributed by atoms with van der Waals surface area (Å²) in [6.07, 6.45) is 3.38. The van der Waals surface area contributed by atoms with Gasteiger partial charge >= 0.3 is 0 Å². The van der Waals surface area contributed by atoms with Gasteiger partial charge in [-0.15, -0.1) is 11.3 Å². The Balaban J connectivity index is 1.93. The fourth-order valence-corrected chi connectivity index (χ4v) is 1.94. The quantitative estimate of drug-likeness (QED) is 0.843. The van der Waals surface area contributed by atoms with Crippen molar-refractivity contribution in [2.45, 2.75) is 13.1 Å². The molecule has 0 aromatic carbocycles. The van der Waals surface area contributed by atoms with E-state index in [1.54, 1.807) is 17.8 Å². The van der Waals surface area contributed by atoms with Crippen LogP contribution < -0.4 is 11.1 Å². The molecule has 6 heteroatoms. The van der Waals surface area contributed by atoms with E-state index in [9.17, 15) is 4.79 Å². The van der Waals surface area contributed by atoms with Crippen molar-refractivity contribution in [1.29, 1.82) is 0 Å². The number of amides is 1. The Bertz CT molecular complexity index is 497. The number of carbonyl (C=O) groups excluding carboxylic acids is 1. The van der Waals surface area contributed by atoms with E-state index in [0.29, 0.717) is 18.8 Å². The first-order chi connectivity index (χ1) is 8.29. The van der Waals surface area contributed by atoms with Crippen LogP contribution in [0.15, 0.2) is 29.9 Å². The number of carbonyl (C=O) groups is 1. The molecule has 2 rings (SSSR count). The summed E-state index contributed by atoms with van der Waals surface area (Å²) in [5.74, 6) is -0.183. The van der Waals surface area contributed by atoms with Crippen LogP contribution in [0.3, 0.4) is 0 Å². The third kappa shape index (κ3) is 3.08. The second-order valence-electron chi connectivity index (χ2n) is 3.37. The van der Waals surface area contributed by atoms with Gasteiger partial charge in [-0.05, 0) is 17.7 Å². The Morgan fingerprint density at radius 1 is 1.41 bits per heavy atom. The highest BCUT2D eigenvalue weighted by atomic mass is 32.1. The van der Waals surface area contributed by atoms with Crippen LogP contribution >= 0.6 is 11.3 Å². The van der Waals surface area contributed by atoms with Crippen molar-refractivity contribution < 1.29 is 4.79 Å². The molecule has 0 saturated carbocycles. The predicted molar refractivity (Wildman–Crippen MR) is 65.4 cm³/mol. The Labute approximate surface area is 103 Å². The molecule has 17 heavy (non-hydrogen) atoms. The summed E-state index contributed by atoms with van der Waals surface area (Å²) in [4.78, 5) is 19.7. The monoisotopic (exact) mass is 248 g/mol. The molecule has 1 amide bonds. The van der Waals surface area contributed by atoms with Crippen LogP contribution in [0, 0.1) is 0 Å². The molecule has 2 aromatic heterocycles. The molecule has 0 aliphatic heterocycles. The lowest BCUT2D eigenvalue weighted by atomic mass is 10.2. The number of hydrogen-bond acceptors (Lipinski definition) is 5. The van der Waals surface area contributed by atoms with Crippen LogP contribution in [0.25, 0.3) is 0 Å². The van der Waals surface area contributed by atoms with Crippen LogP contribution in [-0.2, 0) is 13.1 Å². The van der Waals surface area contributed by atoms with Gasteiger partial charge in [0.05, 0.1) is 0 Å². The number of thiazole rings is 1. The average Bonchev–Trinajstić information content (AvgIpc) is 2.86. The fourth-order valence-electron chi connectivity index (χ4n) is 1.28. The standard InChI is InChI=1S/C11H12N4OS/c12-5-10-15-9(7-17-10)11(16)14-6-8-1-3-13-4-2-8/h1-4,7H,5-6,12H2,(H,14,16). The van der Waals surface area contributed by atoms with Crippen LogP contribution in [0.1, 0.15) is 21.1 Å². The van der Waals surface area contributed by atoms with Crippen LogP contribution in [-0.4, -0.2) is 15.9 Å². The number of nitrogens with one attached hydrogen (secondary N) is 1. The molecule has 0 atom stereocenters. The van der Waals surface area contributed by atoms with Crippen molar-refractivity contribution >= 4 is 17.2 Å². The zero-order valence-electron chi connectivity index (χ0n) is 9.09. The number of nitrogens with zero attached hydrogens (tertiary/aromatic N) is 2. The first-order valence-electron chi connectivity index (χ1n) is 5.11. The number of hydrogen-bond donors (Lipinski definition) is 2. The molecular formula is C11H12N4OS. The third-order valence-electron chi connectivity index (χ3n) is 2.16. The molecular weight excluding hydrogens is 236 g/mol. The average molecular weight is 248 g/mol. The zero-order chi connectivity index (χ0) is 12.1. The summed E-state index contributed by atoms with van der Waals surface area (Å²) in [5.41, 5.74) is 6.86. The highest BCUT2D eigenvalue weighted by molar-refractivity contribution is 7.09. The van der Waals surface area contributed by atoms with E-state index < -0.39 is 0 Å². The van der Waals surface area contributed by atoms with E-state index >= 15 is 0 Å². The summed E-state index contributed by atoms with van der Waals surface area (Å²) < 4.78 is 0. The van der Waals surface area contributed by atoms with E-state index in [1.165, 1.54) is 11.3 Å². The molecule has 88 valence electrons. The topological polar surface area (TPSA) is 80.9 Å². The Kier molecular flexibility index (Phi) is 3.79. The lowest BCUT2D eigenvalue weighted by molar-refractivity contribution is 0.0946. The molecule has 0 aliphatic rings. The molecule has 0 fully saturated rings. The molecule has 0 saturated heterocycles. The van der Waals surface area contributed by atoms with Crippen LogP contribution in [0.5, 0.6) is 0 Å². The summed E-state index contributed by atoms with van der Waals surface area (Å²) >= 11 is 1.39. The van der Waals surface area contributed by atoms with Crippen molar-refractivity contribution in [3.8, 4) is 0 Å². The minimum Gasteiger partial charge on any atom is -0.347 e. The van der Waals surface area contributed by atoms with Crippen molar-refractivity contribution in [2.24, 2.45) is 5.73 Å². The first kappa shape index (κ1) is 11.7. The van der Waals surface area contributed by atoms with Gasteiger partial charge in [0, 0.05) is 30.9 Å². The van der Waals surface area contributed by atoms with Gasteiger partial charge in [0.1, 0.15) is 10.7 Å². The van der Waals surface area contributed by atoms with Gasteiger partial charge in [0.2, 0.25) is 0 Å². The summed E-state index contributed by atoms with van der Waals surface area (Å²) in [5, 5.41) is 5.26.